The van der Waals surface area contributed by atoms with E-state index >= 15 is 0 Å². The highest BCUT2D eigenvalue weighted by Gasteiger charge is 2.21. The average molecular weight is 228 g/mol. The van der Waals surface area contributed by atoms with E-state index in [1.54, 1.807) is 0 Å². The van der Waals surface area contributed by atoms with Crippen LogP contribution in [-0.4, -0.2) is 16.6 Å². The van der Waals surface area contributed by atoms with E-state index < -0.39 is 10.8 Å². The van der Waals surface area contributed by atoms with Gasteiger partial charge in [-0.3, -0.25) is 19.7 Å². The van der Waals surface area contributed by atoms with Crippen LogP contribution in [0.1, 0.15) is 23.5 Å². The minimum atomic E-state index is -0.631. The Bertz CT molecular complexity index is 438. The first-order valence-electron chi connectivity index (χ1n) is 3.98. The van der Waals surface area contributed by atoms with Crippen molar-refractivity contribution in [3.63, 3.8) is 0 Å². The number of nitro groups is 1. The Morgan fingerprint density at radius 3 is 2.47 bits per heavy atom. The van der Waals surface area contributed by atoms with Gasteiger partial charge in [0.05, 0.1) is 9.80 Å². The molecule has 0 bridgehead atoms. The van der Waals surface area contributed by atoms with Crippen LogP contribution in [0, 0.1) is 10.1 Å². The molecule has 7 heteroatoms. The standard InChI is InChI=1S/C8H8N2O4S/c1-4(11)7-3-6(10(13)14)8(15-7)9-5(2)12/h3H,1-2H3,(H,9,12). The summed E-state index contributed by atoms with van der Waals surface area (Å²) in [6.45, 7) is 2.56. The normalized spacial score (nSPS) is 9.73. The molecule has 0 aromatic carbocycles. The highest BCUT2D eigenvalue weighted by atomic mass is 32.1. The van der Waals surface area contributed by atoms with Crippen LogP contribution in [-0.2, 0) is 4.79 Å². The molecule has 15 heavy (non-hydrogen) atoms. The molecule has 6 nitrogen and oxygen atoms in total. The number of nitrogens with zero attached hydrogens (tertiary/aromatic N) is 1. The lowest BCUT2D eigenvalue weighted by Gasteiger charge is -1.95. The van der Waals surface area contributed by atoms with E-state index in [1.807, 2.05) is 0 Å². The van der Waals surface area contributed by atoms with E-state index in [0.29, 0.717) is 0 Å². The number of nitrogens with one attached hydrogen (secondary N) is 1. The predicted octanol–water partition coefficient (Wildman–Crippen LogP) is 1.82. The van der Waals surface area contributed by atoms with Gasteiger partial charge >= 0.3 is 5.69 Å². The Morgan fingerprint density at radius 2 is 2.07 bits per heavy atom. The molecule has 80 valence electrons. The van der Waals surface area contributed by atoms with Gasteiger partial charge in [0.1, 0.15) is 0 Å². The summed E-state index contributed by atoms with van der Waals surface area (Å²) in [6.07, 6.45) is 0. The van der Waals surface area contributed by atoms with Gasteiger partial charge in [0.15, 0.2) is 10.8 Å². The number of amides is 1. The van der Waals surface area contributed by atoms with Gasteiger partial charge in [-0.05, 0) is 6.92 Å². The van der Waals surface area contributed by atoms with Crippen LogP contribution >= 0.6 is 11.3 Å². The van der Waals surface area contributed by atoms with Crippen molar-refractivity contribution in [1.29, 1.82) is 0 Å². The minimum absolute atomic E-state index is 0.0951. The van der Waals surface area contributed by atoms with E-state index in [1.165, 1.54) is 13.8 Å². The largest absolute Gasteiger partial charge is 0.312 e. The summed E-state index contributed by atoms with van der Waals surface area (Å²) < 4.78 is 0. The Hall–Kier alpha value is -1.76. The number of hydrogen-bond donors (Lipinski definition) is 1. The predicted molar refractivity (Wildman–Crippen MR) is 55.3 cm³/mol. The summed E-state index contributed by atoms with van der Waals surface area (Å²) in [7, 11) is 0. The van der Waals surface area contributed by atoms with Crippen molar-refractivity contribution in [2.75, 3.05) is 5.32 Å². The lowest BCUT2D eigenvalue weighted by atomic mass is 10.3. The quantitative estimate of drug-likeness (QED) is 0.485. The van der Waals surface area contributed by atoms with Crippen molar-refractivity contribution in [2.24, 2.45) is 0 Å². The van der Waals surface area contributed by atoms with Crippen LogP contribution in [0.3, 0.4) is 0 Å². The van der Waals surface area contributed by atoms with Crippen LogP contribution in [0.4, 0.5) is 10.7 Å². The monoisotopic (exact) mass is 228 g/mol. The van der Waals surface area contributed by atoms with Crippen molar-refractivity contribution in [1.82, 2.24) is 0 Å². The molecule has 0 radical (unpaired) electrons. The summed E-state index contributed by atoms with van der Waals surface area (Å²) in [4.78, 5) is 32.0. The first kappa shape index (κ1) is 11.3. The molecule has 0 saturated heterocycles. The molecule has 1 amide bonds. The smallest absolute Gasteiger partial charge is 0.304 e. The summed E-state index contributed by atoms with van der Waals surface area (Å²) in [5.74, 6) is -0.672. The lowest BCUT2D eigenvalue weighted by Crippen LogP contribution is -2.05. The van der Waals surface area contributed by atoms with Gasteiger partial charge in [0.2, 0.25) is 5.91 Å². The van der Waals surface area contributed by atoms with Crippen LogP contribution < -0.4 is 5.32 Å². The third-order valence-corrected chi connectivity index (χ3v) is 2.69. The minimum Gasteiger partial charge on any atom is -0.312 e. The highest BCUT2D eigenvalue weighted by Crippen LogP contribution is 2.34. The number of Topliss-reactive ketones (excluding diaryl/α,β-unsaturated/α-hetero) is 1. The fraction of sp³-hybridized carbons (Fsp3) is 0.250. The molecule has 0 aliphatic heterocycles. The zero-order chi connectivity index (χ0) is 11.6. The lowest BCUT2D eigenvalue weighted by molar-refractivity contribution is -0.383. The molecule has 0 saturated carbocycles. The van der Waals surface area contributed by atoms with Crippen LogP contribution in [0.15, 0.2) is 6.07 Å². The van der Waals surface area contributed by atoms with E-state index in [0.717, 1.165) is 17.4 Å². The average Bonchev–Trinajstić information content (AvgIpc) is 2.46. The molecule has 0 fully saturated rings. The zero-order valence-electron chi connectivity index (χ0n) is 8.07. The van der Waals surface area contributed by atoms with Gasteiger partial charge in [-0.25, -0.2) is 0 Å². The number of anilines is 1. The fourth-order valence-corrected chi connectivity index (χ4v) is 1.91. The summed E-state index contributed by atoms with van der Waals surface area (Å²) in [6, 6.07) is 1.16. The number of hydrogen-bond acceptors (Lipinski definition) is 5. The van der Waals surface area contributed by atoms with E-state index in [-0.39, 0.29) is 21.3 Å². The van der Waals surface area contributed by atoms with Crippen LogP contribution in [0.5, 0.6) is 0 Å². The van der Waals surface area contributed by atoms with Gasteiger partial charge in [0.25, 0.3) is 0 Å². The van der Waals surface area contributed by atoms with Gasteiger partial charge in [-0.1, -0.05) is 0 Å². The summed E-state index contributed by atoms with van der Waals surface area (Å²) in [5.41, 5.74) is -0.250. The third-order valence-electron chi connectivity index (χ3n) is 1.55. The topological polar surface area (TPSA) is 89.3 Å². The van der Waals surface area contributed by atoms with E-state index in [9.17, 15) is 19.7 Å². The molecular weight excluding hydrogens is 220 g/mol. The van der Waals surface area contributed by atoms with E-state index in [4.69, 9.17) is 0 Å². The van der Waals surface area contributed by atoms with Crippen molar-refractivity contribution in [3.8, 4) is 0 Å². The van der Waals surface area contributed by atoms with Crippen molar-refractivity contribution < 1.29 is 14.5 Å². The van der Waals surface area contributed by atoms with Crippen LogP contribution in [0.25, 0.3) is 0 Å². The second-order valence-electron chi connectivity index (χ2n) is 2.82. The molecule has 0 aliphatic rings. The second-order valence-corrected chi connectivity index (χ2v) is 3.87. The maximum absolute atomic E-state index is 11.0. The van der Waals surface area contributed by atoms with Crippen molar-refractivity contribution >= 4 is 33.7 Å². The van der Waals surface area contributed by atoms with Gasteiger partial charge < -0.3 is 5.32 Å². The number of rotatable bonds is 3. The third kappa shape index (κ3) is 2.59. The molecule has 0 aliphatic carbocycles. The molecular formula is C8H8N2O4S. The first-order valence-corrected chi connectivity index (χ1v) is 4.80. The Labute approximate surface area is 89.1 Å². The second kappa shape index (κ2) is 4.18. The highest BCUT2D eigenvalue weighted by molar-refractivity contribution is 7.18. The van der Waals surface area contributed by atoms with Crippen molar-refractivity contribution in [2.45, 2.75) is 13.8 Å². The van der Waals surface area contributed by atoms with Gasteiger partial charge in [-0.2, -0.15) is 0 Å². The first-order chi connectivity index (χ1) is 6.91. The summed E-state index contributed by atoms with van der Waals surface area (Å²) in [5, 5.41) is 13.0. The number of ketones is 1. The van der Waals surface area contributed by atoms with E-state index in [2.05, 4.69) is 5.32 Å². The maximum atomic E-state index is 11.0. The Morgan fingerprint density at radius 1 is 1.47 bits per heavy atom. The van der Waals surface area contributed by atoms with Gasteiger partial charge in [-0.15, -0.1) is 11.3 Å². The molecule has 0 atom stereocenters. The molecule has 1 rings (SSSR count). The number of carbonyl (C=O) groups is 2. The SMILES string of the molecule is CC(=O)Nc1sc(C(C)=O)cc1[N+](=O)[O-]. The van der Waals surface area contributed by atoms with Crippen LogP contribution in [0.2, 0.25) is 0 Å². The zero-order valence-corrected chi connectivity index (χ0v) is 8.88. The summed E-state index contributed by atoms with van der Waals surface area (Å²) >= 11 is 0.901. The molecule has 1 heterocycles. The number of carbonyl (C=O) groups excluding carboxylic acids is 2. The number of thiophene rings is 1. The molecule has 1 aromatic heterocycles. The van der Waals surface area contributed by atoms with Crippen molar-refractivity contribution in [3.05, 3.63) is 21.1 Å². The van der Waals surface area contributed by atoms with Gasteiger partial charge in [0, 0.05) is 13.0 Å². The maximum Gasteiger partial charge on any atom is 0.304 e. The molecule has 0 unspecified atom stereocenters. The Balaban J connectivity index is 3.17. The Kier molecular flexibility index (Phi) is 3.15. The molecule has 1 aromatic rings. The molecule has 0 spiro atoms. The fourth-order valence-electron chi connectivity index (χ4n) is 0.940. The molecule has 1 N–H and O–H groups in total.